The molecule has 1 atom stereocenters. The highest BCUT2D eigenvalue weighted by Gasteiger charge is 2.63. The molecule has 0 spiro atoms. The second kappa shape index (κ2) is 6.26. The lowest BCUT2D eigenvalue weighted by Gasteiger charge is -2.28. The molecule has 0 radical (unpaired) electrons. The SMILES string of the molecule is CCc1cc(C(=O)N2CCC(c3nc(C)no3)(C(F)(F)F)C2)cc(=O)[nH]1. The van der Waals surface area contributed by atoms with Gasteiger partial charge in [0.1, 0.15) is 0 Å². The van der Waals surface area contributed by atoms with E-state index in [0.29, 0.717) is 12.1 Å². The highest BCUT2D eigenvalue weighted by molar-refractivity contribution is 5.94. The number of halogens is 3. The molecule has 0 aromatic carbocycles. The number of rotatable bonds is 3. The molecule has 1 aliphatic heterocycles. The Bertz CT molecular complexity index is 889. The van der Waals surface area contributed by atoms with Gasteiger partial charge in [-0.05, 0) is 25.8 Å². The van der Waals surface area contributed by atoms with Gasteiger partial charge in [0, 0.05) is 30.4 Å². The van der Waals surface area contributed by atoms with Gasteiger partial charge in [-0.2, -0.15) is 18.2 Å². The van der Waals surface area contributed by atoms with Crippen LogP contribution in [0.5, 0.6) is 0 Å². The molecular weight excluding hydrogens is 353 g/mol. The van der Waals surface area contributed by atoms with Gasteiger partial charge < -0.3 is 14.4 Å². The van der Waals surface area contributed by atoms with Crippen molar-refractivity contribution in [2.24, 2.45) is 0 Å². The molecular formula is C16H17F3N4O3. The lowest BCUT2D eigenvalue weighted by molar-refractivity contribution is -0.193. The average molecular weight is 370 g/mol. The molecule has 26 heavy (non-hydrogen) atoms. The fraction of sp³-hybridized carbons (Fsp3) is 0.500. The lowest BCUT2D eigenvalue weighted by atomic mass is 9.86. The maximum atomic E-state index is 13.8. The van der Waals surface area contributed by atoms with Gasteiger partial charge in [-0.15, -0.1) is 0 Å². The van der Waals surface area contributed by atoms with Gasteiger partial charge in [-0.25, -0.2) is 0 Å². The first-order chi connectivity index (χ1) is 12.2. The number of pyridine rings is 1. The van der Waals surface area contributed by atoms with Crippen LogP contribution >= 0.6 is 0 Å². The van der Waals surface area contributed by atoms with Crippen LogP contribution < -0.4 is 5.56 Å². The standard InChI is InChI=1S/C16H17F3N4O3/c1-3-11-6-10(7-12(24)21-11)13(25)23-5-4-15(8-23,16(17,18)19)14-20-9(2)22-26-14/h6-7H,3-5,8H2,1-2H3,(H,21,24). The van der Waals surface area contributed by atoms with Gasteiger partial charge in [-0.3, -0.25) is 9.59 Å². The van der Waals surface area contributed by atoms with E-state index in [9.17, 15) is 22.8 Å². The molecule has 10 heteroatoms. The number of alkyl halides is 3. The summed E-state index contributed by atoms with van der Waals surface area (Å²) < 4.78 is 46.2. The smallest absolute Gasteiger partial charge is 0.338 e. The van der Waals surface area contributed by atoms with Crippen LogP contribution in [0.4, 0.5) is 13.2 Å². The van der Waals surface area contributed by atoms with E-state index in [1.54, 1.807) is 6.92 Å². The van der Waals surface area contributed by atoms with Gasteiger partial charge >= 0.3 is 6.18 Å². The number of aromatic amines is 1. The molecule has 1 saturated heterocycles. The average Bonchev–Trinajstić information content (AvgIpc) is 3.20. The van der Waals surface area contributed by atoms with Crippen molar-refractivity contribution in [3.8, 4) is 0 Å². The van der Waals surface area contributed by atoms with Gasteiger partial charge in [-0.1, -0.05) is 12.1 Å². The van der Waals surface area contributed by atoms with Gasteiger partial charge in [0.2, 0.25) is 11.4 Å². The maximum absolute atomic E-state index is 13.8. The number of amides is 1. The number of likely N-dealkylation sites (tertiary alicyclic amines) is 1. The number of hydrogen-bond acceptors (Lipinski definition) is 5. The van der Waals surface area contributed by atoms with E-state index in [0.717, 1.165) is 11.0 Å². The normalized spacial score (nSPS) is 20.6. The summed E-state index contributed by atoms with van der Waals surface area (Å²) in [5, 5.41) is 3.45. The first-order valence-corrected chi connectivity index (χ1v) is 8.06. The van der Waals surface area contributed by atoms with Crippen molar-refractivity contribution in [1.82, 2.24) is 20.0 Å². The van der Waals surface area contributed by atoms with Crippen molar-refractivity contribution in [3.63, 3.8) is 0 Å². The zero-order valence-corrected chi connectivity index (χ0v) is 14.2. The Hall–Kier alpha value is -2.65. The Balaban J connectivity index is 1.94. The third kappa shape index (κ3) is 2.99. The van der Waals surface area contributed by atoms with Crippen molar-refractivity contribution >= 4 is 5.91 Å². The lowest BCUT2D eigenvalue weighted by Crippen LogP contribution is -2.46. The van der Waals surface area contributed by atoms with Crippen LogP contribution in [0.2, 0.25) is 0 Å². The molecule has 1 aliphatic rings. The number of aryl methyl sites for hydroxylation is 2. The van der Waals surface area contributed by atoms with E-state index in [2.05, 4.69) is 15.1 Å². The Morgan fingerprint density at radius 3 is 2.73 bits per heavy atom. The predicted octanol–water partition coefficient (Wildman–Crippen LogP) is 1.97. The zero-order chi connectivity index (χ0) is 19.1. The number of carbonyl (C=O) groups excluding carboxylic acids is 1. The highest BCUT2D eigenvalue weighted by atomic mass is 19.4. The Kier molecular flexibility index (Phi) is 4.37. The summed E-state index contributed by atoms with van der Waals surface area (Å²) in [5.41, 5.74) is -2.28. The summed E-state index contributed by atoms with van der Waals surface area (Å²) in [7, 11) is 0. The summed E-state index contributed by atoms with van der Waals surface area (Å²) in [6, 6.07) is 2.57. The molecule has 2 aromatic rings. The summed E-state index contributed by atoms with van der Waals surface area (Å²) >= 11 is 0. The summed E-state index contributed by atoms with van der Waals surface area (Å²) in [4.78, 5) is 31.7. The van der Waals surface area contributed by atoms with Crippen molar-refractivity contribution in [2.45, 2.75) is 38.3 Å². The van der Waals surface area contributed by atoms with Crippen LogP contribution in [-0.4, -0.2) is 45.2 Å². The molecule has 1 unspecified atom stereocenters. The molecule has 3 heterocycles. The minimum atomic E-state index is -4.66. The zero-order valence-electron chi connectivity index (χ0n) is 14.2. The molecule has 0 aliphatic carbocycles. The topological polar surface area (TPSA) is 92.1 Å². The van der Waals surface area contributed by atoms with Gasteiger partial charge in [0.25, 0.3) is 5.91 Å². The number of nitrogens with zero attached hydrogens (tertiary/aromatic N) is 3. The number of carbonyl (C=O) groups is 1. The van der Waals surface area contributed by atoms with Crippen LogP contribution in [0.1, 0.15) is 41.1 Å². The first kappa shape index (κ1) is 18.2. The van der Waals surface area contributed by atoms with Crippen molar-refractivity contribution in [2.75, 3.05) is 13.1 Å². The van der Waals surface area contributed by atoms with Crippen LogP contribution in [0.15, 0.2) is 21.5 Å². The third-order valence-corrected chi connectivity index (χ3v) is 4.56. The minimum Gasteiger partial charge on any atom is -0.338 e. The van der Waals surface area contributed by atoms with E-state index < -0.39 is 35.5 Å². The van der Waals surface area contributed by atoms with Crippen molar-refractivity contribution < 1.29 is 22.5 Å². The largest absolute Gasteiger partial charge is 0.405 e. The molecule has 140 valence electrons. The summed E-state index contributed by atoms with van der Waals surface area (Å²) in [5.74, 6) is -1.08. The van der Waals surface area contributed by atoms with Crippen molar-refractivity contribution in [1.29, 1.82) is 0 Å². The molecule has 1 N–H and O–H groups in total. The number of hydrogen-bond donors (Lipinski definition) is 1. The van der Waals surface area contributed by atoms with E-state index in [1.807, 2.05) is 0 Å². The molecule has 0 bridgehead atoms. The molecule has 1 fully saturated rings. The quantitative estimate of drug-likeness (QED) is 0.892. The van der Waals surface area contributed by atoms with Crippen molar-refractivity contribution in [3.05, 3.63) is 45.5 Å². The summed E-state index contributed by atoms with van der Waals surface area (Å²) in [6.07, 6.45) is -4.55. The number of H-pyrrole nitrogens is 1. The second-order valence-electron chi connectivity index (χ2n) is 6.32. The molecule has 7 nitrogen and oxygen atoms in total. The van der Waals surface area contributed by atoms with E-state index in [4.69, 9.17) is 4.52 Å². The van der Waals surface area contributed by atoms with Gasteiger partial charge in [0.05, 0.1) is 0 Å². The fourth-order valence-corrected chi connectivity index (χ4v) is 3.10. The molecule has 3 rings (SSSR count). The second-order valence-corrected chi connectivity index (χ2v) is 6.32. The Morgan fingerprint density at radius 1 is 1.42 bits per heavy atom. The van der Waals surface area contributed by atoms with Crippen LogP contribution in [0, 0.1) is 6.92 Å². The van der Waals surface area contributed by atoms with E-state index >= 15 is 0 Å². The van der Waals surface area contributed by atoms with Crippen LogP contribution in [-0.2, 0) is 11.8 Å². The Morgan fingerprint density at radius 2 is 2.15 bits per heavy atom. The summed E-state index contributed by atoms with van der Waals surface area (Å²) in [6.45, 7) is 2.46. The van der Waals surface area contributed by atoms with Gasteiger partial charge in [0.15, 0.2) is 11.2 Å². The van der Waals surface area contributed by atoms with E-state index in [1.165, 1.54) is 13.0 Å². The molecule has 1 amide bonds. The predicted molar refractivity (Wildman–Crippen MR) is 83.7 cm³/mol. The minimum absolute atomic E-state index is 0.0604. The third-order valence-electron chi connectivity index (χ3n) is 4.56. The molecule has 2 aromatic heterocycles. The number of aromatic nitrogens is 3. The first-order valence-electron chi connectivity index (χ1n) is 8.06. The highest BCUT2D eigenvalue weighted by Crippen LogP contribution is 2.47. The maximum Gasteiger partial charge on any atom is 0.405 e. The van der Waals surface area contributed by atoms with E-state index in [-0.39, 0.29) is 24.4 Å². The number of nitrogens with one attached hydrogen (secondary N) is 1. The van der Waals surface area contributed by atoms with Crippen LogP contribution in [0.25, 0.3) is 0 Å². The fourth-order valence-electron chi connectivity index (χ4n) is 3.10. The van der Waals surface area contributed by atoms with Crippen LogP contribution in [0.3, 0.4) is 0 Å². The monoisotopic (exact) mass is 370 g/mol. The Labute approximate surface area is 146 Å². The molecule has 0 saturated carbocycles.